The Bertz CT molecular complexity index is 662. The Balaban J connectivity index is 2.32. The summed E-state index contributed by atoms with van der Waals surface area (Å²) in [5.74, 6) is -0.759. The Morgan fingerprint density at radius 2 is 1.05 bits per heavy atom. The Kier molecular flexibility index (Phi) is 24.2. The molecular weight excluding hydrogens is 534 g/mol. The Labute approximate surface area is 256 Å². The summed E-state index contributed by atoms with van der Waals surface area (Å²) in [4.78, 5) is 25.2. The number of hydrogen-bond acceptors (Lipinski definition) is 7. The molecule has 1 rings (SSSR count). The van der Waals surface area contributed by atoms with Crippen LogP contribution in [-0.2, 0) is 19.1 Å². The molecular formula is C34H65NO7. The molecule has 8 heteroatoms. The van der Waals surface area contributed by atoms with E-state index in [0.29, 0.717) is 12.8 Å². The van der Waals surface area contributed by atoms with Gasteiger partial charge >= 0.3 is 5.97 Å². The van der Waals surface area contributed by atoms with Gasteiger partial charge in [0.15, 0.2) is 12.4 Å². The van der Waals surface area contributed by atoms with E-state index in [-0.39, 0.29) is 12.3 Å². The van der Waals surface area contributed by atoms with Crippen LogP contribution in [0.3, 0.4) is 0 Å². The van der Waals surface area contributed by atoms with Crippen LogP contribution in [0.2, 0.25) is 0 Å². The molecule has 0 aliphatic carbocycles. The van der Waals surface area contributed by atoms with Gasteiger partial charge in [-0.2, -0.15) is 0 Å². The lowest BCUT2D eigenvalue weighted by molar-refractivity contribution is -0.258. The third kappa shape index (κ3) is 18.4. The number of nitrogens with one attached hydrogen (secondary N) is 1. The third-order valence-electron chi connectivity index (χ3n) is 8.46. The topological polar surface area (TPSA) is 125 Å². The summed E-state index contributed by atoms with van der Waals surface area (Å²) < 4.78 is 10.9. The number of ether oxygens (including phenoxy) is 2. The molecule has 0 bridgehead atoms. The summed E-state index contributed by atoms with van der Waals surface area (Å²) in [6.07, 6.45) is 21.3. The lowest BCUT2D eigenvalue weighted by Gasteiger charge is -2.42. The van der Waals surface area contributed by atoms with Gasteiger partial charge in [0.2, 0.25) is 5.91 Å². The number of aliphatic hydroxyl groups is 3. The van der Waals surface area contributed by atoms with Gasteiger partial charge in [0.05, 0.1) is 6.61 Å². The van der Waals surface area contributed by atoms with E-state index in [4.69, 9.17) is 9.47 Å². The van der Waals surface area contributed by atoms with Crippen molar-refractivity contribution in [3.63, 3.8) is 0 Å². The third-order valence-corrected chi connectivity index (χ3v) is 8.46. The summed E-state index contributed by atoms with van der Waals surface area (Å²) in [7, 11) is 0. The van der Waals surface area contributed by atoms with Gasteiger partial charge in [-0.3, -0.25) is 9.59 Å². The van der Waals surface area contributed by atoms with Crippen LogP contribution in [0.1, 0.15) is 168 Å². The average Bonchev–Trinajstić information content (AvgIpc) is 2.98. The number of aliphatic hydroxyl groups excluding tert-OH is 3. The molecule has 1 aliphatic heterocycles. The van der Waals surface area contributed by atoms with Crippen molar-refractivity contribution in [1.82, 2.24) is 5.32 Å². The van der Waals surface area contributed by atoms with E-state index < -0.39 is 43.2 Å². The van der Waals surface area contributed by atoms with Gasteiger partial charge in [0.1, 0.15) is 18.2 Å². The molecule has 0 aromatic rings. The molecule has 1 fully saturated rings. The second-order valence-corrected chi connectivity index (χ2v) is 12.4. The van der Waals surface area contributed by atoms with E-state index in [1.165, 1.54) is 103 Å². The van der Waals surface area contributed by atoms with Gasteiger partial charge in [-0.15, -0.1) is 0 Å². The van der Waals surface area contributed by atoms with Crippen LogP contribution in [-0.4, -0.2) is 64.4 Å². The number of hydrogen-bond donors (Lipinski definition) is 4. The van der Waals surface area contributed by atoms with E-state index in [2.05, 4.69) is 19.2 Å². The standard InChI is InChI=1S/C34H65NO7/c1-3-5-7-9-11-13-15-17-19-21-23-25-29(37)35-31-33(32(39)28(27-36)41-34(31)40)42-30(38)26-24-22-20-18-16-14-12-10-8-6-4-2/h28,31-34,36,39-40H,3-27H2,1-2H3,(H,35,37)/t28-,31-,32-,33-,34+/m1/s1. The van der Waals surface area contributed by atoms with Crippen LogP contribution in [0.25, 0.3) is 0 Å². The Morgan fingerprint density at radius 1 is 0.643 bits per heavy atom. The van der Waals surface area contributed by atoms with E-state index in [9.17, 15) is 24.9 Å². The fraction of sp³-hybridized carbons (Fsp3) is 0.941. The molecule has 5 atom stereocenters. The first-order valence-electron chi connectivity index (χ1n) is 17.6. The van der Waals surface area contributed by atoms with Crippen LogP contribution in [0, 0.1) is 0 Å². The summed E-state index contributed by atoms with van der Waals surface area (Å²) in [5, 5.41) is 33.5. The maximum absolute atomic E-state index is 12.6. The minimum atomic E-state index is -1.49. The molecule has 1 amide bonds. The highest BCUT2D eigenvalue weighted by Crippen LogP contribution is 2.24. The highest BCUT2D eigenvalue weighted by molar-refractivity contribution is 5.76. The summed E-state index contributed by atoms with van der Waals surface area (Å²) in [6.45, 7) is 3.92. The van der Waals surface area contributed by atoms with E-state index >= 15 is 0 Å². The predicted molar refractivity (Wildman–Crippen MR) is 168 cm³/mol. The van der Waals surface area contributed by atoms with Crippen molar-refractivity contribution in [2.75, 3.05) is 6.61 Å². The van der Waals surface area contributed by atoms with Crippen molar-refractivity contribution in [3.8, 4) is 0 Å². The zero-order valence-electron chi connectivity index (χ0n) is 27.0. The highest BCUT2D eigenvalue weighted by atomic mass is 16.6. The molecule has 248 valence electrons. The molecule has 0 radical (unpaired) electrons. The zero-order valence-corrected chi connectivity index (χ0v) is 27.0. The van der Waals surface area contributed by atoms with E-state index in [1.54, 1.807) is 0 Å². The van der Waals surface area contributed by atoms with Gasteiger partial charge < -0.3 is 30.1 Å². The number of esters is 1. The minimum Gasteiger partial charge on any atom is -0.457 e. The van der Waals surface area contributed by atoms with E-state index in [1.807, 2.05) is 0 Å². The SMILES string of the molecule is CCCCCCCCCCCCCC(=O)N[C@@H]1[C@@H](OC(=O)CCCCCCCCCCCCC)[C@H](O)[C@@H](CO)O[C@@H]1O. The number of carbonyl (C=O) groups is 2. The molecule has 1 aliphatic rings. The molecule has 42 heavy (non-hydrogen) atoms. The summed E-state index contributed by atoms with van der Waals surface area (Å²) >= 11 is 0. The number of rotatable bonds is 27. The molecule has 0 unspecified atom stereocenters. The van der Waals surface area contributed by atoms with Crippen LogP contribution in [0.15, 0.2) is 0 Å². The average molecular weight is 600 g/mol. The lowest BCUT2D eigenvalue weighted by Crippen LogP contribution is -2.65. The Morgan fingerprint density at radius 3 is 1.48 bits per heavy atom. The first-order valence-corrected chi connectivity index (χ1v) is 17.6. The summed E-state index contributed by atoms with van der Waals surface area (Å²) in [5.41, 5.74) is 0. The molecule has 0 aromatic heterocycles. The highest BCUT2D eigenvalue weighted by Gasteiger charge is 2.47. The normalized spacial score (nSPS) is 22.3. The second-order valence-electron chi connectivity index (χ2n) is 12.4. The first-order chi connectivity index (χ1) is 20.4. The maximum Gasteiger partial charge on any atom is 0.306 e. The van der Waals surface area contributed by atoms with Crippen LogP contribution in [0.4, 0.5) is 0 Å². The molecule has 1 heterocycles. The Hall–Kier alpha value is -1.22. The van der Waals surface area contributed by atoms with Gasteiger partial charge in [-0.05, 0) is 12.8 Å². The van der Waals surface area contributed by atoms with Crippen molar-refractivity contribution in [2.24, 2.45) is 0 Å². The fourth-order valence-corrected chi connectivity index (χ4v) is 5.73. The van der Waals surface area contributed by atoms with Crippen molar-refractivity contribution in [1.29, 1.82) is 0 Å². The molecule has 8 nitrogen and oxygen atoms in total. The molecule has 1 saturated heterocycles. The predicted octanol–water partition coefficient (Wildman–Crippen LogP) is 6.86. The zero-order chi connectivity index (χ0) is 30.8. The smallest absolute Gasteiger partial charge is 0.306 e. The van der Waals surface area contributed by atoms with Gasteiger partial charge in [0.25, 0.3) is 0 Å². The molecule has 0 aromatic carbocycles. The van der Waals surface area contributed by atoms with Gasteiger partial charge in [0, 0.05) is 12.8 Å². The van der Waals surface area contributed by atoms with Crippen LogP contribution in [0.5, 0.6) is 0 Å². The molecule has 0 saturated carbocycles. The second kappa shape index (κ2) is 26.2. The number of carbonyl (C=O) groups excluding carboxylic acids is 2. The van der Waals surface area contributed by atoms with Crippen molar-refractivity contribution >= 4 is 11.9 Å². The van der Waals surface area contributed by atoms with Crippen molar-refractivity contribution in [3.05, 3.63) is 0 Å². The number of amides is 1. The quantitative estimate of drug-likeness (QED) is 0.0601. The van der Waals surface area contributed by atoms with Gasteiger partial charge in [-0.1, -0.05) is 142 Å². The lowest BCUT2D eigenvalue weighted by atomic mass is 9.96. The maximum atomic E-state index is 12.6. The first kappa shape index (κ1) is 38.8. The molecule has 4 N–H and O–H groups in total. The van der Waals surface area contributed by atoms with Crippen LogP contribution >= 0.6 is 0 Å². The molecule has 0 spiro atoms. The number of unbranched alkanes of at least 4 members (excludes halogenated alkanes) is 20. The summed E-state index contributed by atoms with van der Waals surface area (Å²) in [6, 6.07) is -1.09. The van der Waals surface area contributed by atoms with E-state index in [0.717, 1.165) is 32.1 Å². The minimum absolute atomic E-state index is 0.209. The fourth-order valence-electron chi connectivity index (χ4n) is 5.73. The largest absolute Gasteiger partial charge is 0.457 e. The van der Waals surface area contributed by atoms with Crippen LogP contribution < -0.4 is 5.32 Å². The van der Waals surface area contributed by atoms with Crippen molar-refractivity contribution < 1.29 is 34.4 Å². The monoisotopic (exact) mass is 599 g/mol. The van der Waals surface area contributed by atoms with Gasteiger partial charge in [-0.25, -0.2) is 0 Å². The van der Waals surface area contributed by atoms with Crippen molar-refractivity contribution in [2.45, 2.75) is 199 Å².